The molecule has 18 heteroatoms. The molecule has 0 unspecified atom stereocenters. The van der Waals surface area contributed by atoms with Crippen LogP contribution in [0.25, 0.3) is 86.2 Å². The molecule has 0 aromatic heterocycles. The number of unbranched alkanes of at least 4 members (excludes halogenated alkanes) is 12. The molecule has 18 nitrogen and oxygen atoms in total. The van der Waals surface area contributed by atoms with Crippen LogP contribution in [-0.2, 0) is 19.1 Å². The topological polar surface area (TPSA) is 227 Å². The van der Waals surface area contributed by atoms with Crippen LogP contribution < -0.4 is 0 Å². The average Bonchev–Trinajstić information content (AvgIpc) is 0.694. The highest BCUT2D eigenvalue weighted by molar-refractivity contribution is 6.43. The minimum absolute atomic E-state index is 0.196. The van der Waals surface area contributed by atoms with Gasteiger partial charge in [-0.2, -0.15) is 10.2 Å². The van der Waals surface area contributed by atoms with Crippen molar-refractivity contribution in [2.45, 2.75) is 168 Å². The van der Waals surface area contributed by atoms with Crippen LogP contribution in [-0.4, -0.2) is 117 Å². The summed E-state index contributed by atoms with van der Waals surface area (Å²) >= 11 is 0. The molecule has 0 spiro atoms. The lowest BCUT2D eigenvalue weighted by molar-refractivity contribution is -0.143. The normalized spacial score (nSPS) is 14.1. The standard InChI is InChI=1S/C96H86N6O12/c1-5-9-13-17-31-61(32-18-14-10-6-2)101-93(109)75-47-39-67-63-35-43-71-85-72(44-36-64(81(63)85)68-40-48-76(94(101)110)87(75)83(67)68)90(106)99(89(71)105)55-79(103)113-51-23-27-57-25-21-29-59(53-57)97-98-60-30-22-26-58(54-60)28-24-52-114-80(104)56-100-91(107)73-45-37-65-69-41-49-77-88-78(50-42-70(84(69)88)66-38-46-74(92(100)108)86(73)82(65)66)96(112)102(95(77)111)62(33-19-15-11-7-3)34-20-16-12-8-4/h21-22,25-26,29-30,35-50,53-54,61-62H,5-20,31-34,51-52,55-56H2,1-4H3. The summed E-state index contributed by atoms with van der Waals surface area (Å²) in [6, 6.07) is 42.4. The van der Waals surface area contributed by atoms with Crippen molar-refractivity contribution in [3.05, 3.63) is 201 Å². The van der Waals surface area contributed by atoms with Gasteiger partial charge < -0.3 is 9.47 Å². The van der Waals surface area contributed by atoms with E-state index in [0.717, 1.165) is 192 Å². The molecule has 0 bridgehead atoms. The summed E-state index contributed by atoms with van der Waals surface area (Å²) in [5.41, 5.74) is 5.00. The van der Waals surface area contributed by atoms with E-state index >= 15 is 0 Å². The van der Waals surface area contributed by atoms with Crippen molar-refractivity contribution in [3.8, 4) is 23.7 Å². The van der Waals surface area contributed by atoms with Gasteiger partial charge in [-0.1, -0.05) is 215 Å². The van der Waals surface area contributed by atoms with E-state index in [-0.39, 0.29) is 71.2 Å². The predicted octanol–water partition coefficient (Wildman–Crippen LogP) is 20.4. The zero-order valence-electron chi connectivity index (χ0n) is 64.6. The Bertz CT molecular complexity index is 5570. The molecule has 0 aliphatic carbocycles. The molecule has 4 aliphatic heterocycles. The number of ether oxygens (including phenoxy) is 2. The fraction of sp³-hybridized carbons (Fsp3) is 0.312. The second-order valence-corrected chi connectivity index (χ2v) is 30.6. The van der Waals surface area contributed by atoms with E-state index in [4.69, 9.17) is 9.47 Å². The van der Waals surface area contributed by atoms with Crippen LogP contribution in [0.2, 0.25) is 0 Å². The van der Waals surface area contributed by atoms with Crippen molar-refractivity contribution < 1.29 is 57.4 Å². The van der Waals surface area contributed by atoms with E-state index in [0.29, 0.717) is 77.1 Å². The number of azo groups is 1. The number of amides is 8. The summed E-state index contributed by atoms with van der Waals surface area (Å²) in [5.74, 6) is 6.23. The molecule has 0 atom stereocenters. The molecule has 0 N–H and O–H groups in total. The van der Waals surface area contributed by atoms with Crippen molar-refractivity contribution in [2.75, 3.05) is 26.3 Å². The van der Waals surface area contributed by atoms with Crippen LogP contribution >= 0.6 is 0 Å². The van der Waals surface area contributed by atoms with Gasteiger partial charge in [0.1, 0.15) is 13.1 Å². The van der Waals surface area contributed by atoms with Crippen LogP contribution in [0.3, 0.4) is 0 Å². The maximum atomic E-state index is 14.7. The Morgan fingerprint density at radius 2 is 0.570 bits per heavy atom. The summed E-state index contributed by atoms with van der Waals surface area (Å²) in [6.45, 7) is 6.71. The lowest BCUT2D eigenvalue weighted by Gasteiger charge is -2.35. The van der Waals surface area contributed by atoms with Crippen molar-refractivity contribution in [1.29, 1.82) is 0 Å². The van der Waals surface area contributed by atoms with Gasteiger partial charge in [-0.15, -0.1) is 0 Å². The van der Waals surface area contributed by atoms with E-state index < -0.39 is 48.7 Å². The number of esters is 2. The molecule has 0 saturated carbocycles. The second-order valence-electron chi connectivity index (χ2n) is 30.6. The van der Waals surface area contributed by atoms with Gasteiger partial charge in [-0.3, -0.25) is 67.5 Å². The molecule has 12 aromatic carbocycles. The van der Waals surface area contributed by atoms with Gasteiger partial charge >= 0.3 is 11.9 Å². The van der Waals surface area contributed by atoms with Crippen molar-refractivity contribution in [2.24, 2.45) is 10.2 Å². The first kappa shape index (κ1) is 75.5. The van der Waals surface area contributed by atoms with E-state index in [1.165, 1.54) is 9.80 Å². The smallest absolute Gasteiger partial charge is 0.327 e. The van der Waals surface area contributed by atoms with Crippen LogP contribution in [0, 0.1) is 23.7 Å². The minimum atomic E-state index is -0.835. The monoisotopic (exact) mass is 1510 g/mol. The van der Waals surface area contributed by atoms with Crippen molar-refractivity contribution in [1.82, 2.24) is 19.6 Å². The molecule has 572 valence electrons. The molecule has 114 heavy (non-hydrogen) atoms. The average molecular weight is 1520 g/mol. The van der Waals surface area contributed by atoms with Crippen molar-refractivity contribution in [3.63, 3.8) is 0 Å². The van der Waals surface area contributed by atoms with Crippen LogP contribution in [0.1, 0.15) is 250 Å². The Labute approximate surface area is 659 Å². The summed E-state index contributed by atoms with van der Waals surface area (Å²) in [7, 11) is 0. The largest absolute Gasteiger partial charge is 0.451 e. The molecule has 8 amide bonds. The molecule has 0 fully saturated rings. The number of carbonyl (C=O) groups is 10. The highest BCUT2D eigenvalue weighted by Gasteiger charge is 2.43. The molecule has 4 aliphatic rings. The minimum Gasteiger partial charge on any atom is -0.451 e. The molecular formula is C96H86N6O12. The number of hydrogen-bond acceptors (Lipinski definition) is 14. The molecule has 12 aromatic rings. The van der Waals surface area contributed by atoms with Crippen molar-refractivity contribution >= 4 is 157 Å². The lowest BCUT2D eigenvalue weighted by atomic mass is 9.82. The molecule has 16 rings (SSSR count). The van der Waals surface area contributed by atoms with E-state index in [9.17, 15) is 47.9 Å². The SMILES string of the molecule is CCCCCCC(CCCCCC)N1C(=O)c2ccc3c4ccc5c6c(ccc(c7ccc(c2c37)C1=O)c64)C(=O)N(CC(=O)OCC#Cc1cccc(N=Nc2cccc(C#CCOC(=O)CN3C(=O)c4ccc6c7ccc8c9c(ccc(c%10ccc(c4c6%10)C3=O)c97)C(=O)N(C(CCCCCC)CCCCCC)C8=O)c2)c1)C5=O. The Balaban J connectivity index is 0.533. The first-order valence-corrected chi connectivity index (χ1v) is 40.4. The molecular weight excluding hydrogens is 1430 g/mol. The first-order chi connectivity index (χ1) is 55.6. The number of fused-ring (bicyclic) bond motifs is 4. The van der Waals surface area contributed by atoms with Gasteiger partial charge in [0.15, 0.2) is 13.2 Å². The predicted molar refractivity (Wildman–Crippen MR) is 442 cm³/mol. The van der Waals surface area contributed by atoms with Gasteiger partial charge in [0.2, 0.25) is 0 Å². The Kier molecular flexibility index (Phi) is 21.4. The third-order valence-corrected chi connectivity index (χ3v) is 23.4. The van der Waals surface area contributed by atoms with Gasteiger partial charge in [0.25, 0.3) is 47.3 Å². The maximum absolute atomic E-state index is 14.7. The van der Waals surface area contributed by atoms with E-state index in [1.807, 2.05) is 72.8 Å². The zero-order valence-corrected chi connectivity index (χ0v) is 64.6. The first-order valence-electron chi connectivity index (χ1n) is 40.4. The number of benzene rings is 12. The third-order valence-electron chi connectivity index (χ3n) is 23.4. The Hall–Kier alpha value is -12.5. The number of rotatable bonds is 30. The van der Waals surface area contributed by atoms with Gasteiger partial charge in [0.05, 0.1) is 11.4 Å². The third kappa shape index (κ3) is 13.6. The van der Waals surface area contributed by atoms with Crippen LogP contribution in [0.4, 0.5) is 11.4 Å². The fourth-order valence-corrected chi connectivity index (χ4v) is 17.9. The second kappa shape index (κ2) is 32.3. The number of imide groups is 4. The Morgan fingerprint density at radius 1 is 0.316 bits per heavy atom. The number of nitrogens with zero attached hydrogens (tertiary/aromatic N) is 6. The Morgan fingerprint density at radius 3 is 0.825 bits per heavy atom. The summed E-state index contributed by atoms with van der Waals surface area (Å²) in [6.07, 6.45) is 19.9. The lowest BCUT2D eigenvalue weighted by Crippen LogP contribution is -2.47. The summed E-state index contributed by atoms with van der Waals surface area (Å²) in [5, 5.41) is 20.2. The molecule has 4 heterocycles. The van der Waals surface area contributed by atoms with Gasteiger partial charge in [-0.25, -0.2) is 0 Å². The zero-order chi connectivity index (χ0) is 79.0. The number of carbonyl (C=O) groups excluding carboxylic acids is 10. The van der Waals surface area contributed by atoms with E-state index in [1.54, 1.807) is 72.8 Å². The van der Waals surface area contributed by atoms with Gasteiger partial charge in [-0.05, 0) is 175 Å². The number of hydrogen-bond donors (Lipinski definition) is 0. The van der Waals surface area contributed by atoms with Gasteiger partial charge in [0, 0.05) is 89.3 Å². The quantitative estimate of drug-likeness (QED) is 0.00779. The summed E-state index contributed by atoms with van der Waals surface area (Å²) < 4.78 is 10.9. The highest BCUT2D eigenvalue weighted by Crippen LogP contribution is 2.50. The maximum Gasteiger partial charge on any atom is 0.327 e. The summed E-state index contributed by atoms with van der Waals surface area (Å²) in [4.78, 5) is 148. The molecule has 0 saturated heterocycles. The van der Waals surface area contributed by atoms with E-state index in [2.05, 4.69) is 61.6 Å². The highest BCUT2D eigenvalue weighted by atomic mass is 16.5. The van der Waals surface area contributed by atoms with Crippen LogP contribution in [0.15, 0.2) is 156 Å². The fourth-order valence-electron chi connectivity index (χ4n) is 17.9. The molecule has 0 radical (unpaired) electrons. The van der Waals surface area contributed by atoms with Crippen LogP contribution in [0.5, 0.6) is 0 Å².